The highest BCUT2D eigenvalue weighted by Crippen LogP contribution is 2.35. The Labute approximate surface area is 121 Å². The van der Waals surface area contributed by atoms with E-state index in [1.165, 1.54) is 7.11 Å². The van der Waals surface area contributed by atoms with Crippen LogP contribution in [-0.2, 0) is 9.53 Å². The van der Waals surface area contributed by atoms with Gasteiger partial charge in [0.25, 0.3) is 0 Å². The molecule has 0 bridgehead atoms. The monoisotopic (exact) mass is 327 g/mol. The summed E-state index contributed by atoms with van der Waals surface area (Å²) in [4.78, 5) is 11.8. The van der Waals surface area contributed by atoms with Crippen LogP contribution < -0.4 is 10.1 Å². The molecule has 1 aliphatic heterocycles. The van der Waals surface area contributed by atoms with Crippen molar-refractivity contribution < 1.29 is 14.3 Å². The maximum absolute atomic E-state index is 11.8. The molecular formula is C14H18BrNO3. The quantitative estimate of drug-likeness (QED) is 0.867. The first-order valence-electron chi connectivity index (χ1n) is 6.22. The van der Waals surface area contributed by atoms with Gasteiger partial charge in [0.05, 0.1) is 13.7 Å². The number of hydrogen-bond acceptors (Lipinski definition) is 4. The highest BCUT2D eigenvalue weighted by Gasteiger charge is 2.33. The molecule has 1 N–H and O–H groups in total. The lowest BCUT2D eigenvalue weighted by Gasteiger charge is -2.33. The van der Waals surface area contributed by atoms with E-state index in [9.17, 15) is 4.79 Å². The van der Waals surface area contributed by atoms with Gasteiger partial charge in [0.15, 0.2) is 0 Å². The second kappa shape index (κ2) is 5.51. The first-order valence-corrected chi connectivity index (χ1v) is 7.01. The number of ether oxygens (including phenoxy) is 2. The maximum Gasteiger partial charge on any atom is 0.325 e. The molecule has 0 fully saturated rings. The first kappa shape index (κ1) is 14.3. The van der Waals surface area contributed by atoms with E-state index in [4.69, 9.17) is 9.47 Å². The molecular weight excluding hydrogens is 310 g/mol. The zero-order valence-corrected chi connectivity index (χ0v) is 12.9. The molecule has 1 unspecified atom stereocenters. The number of benzene rings is 1. The molecule has 19 heavy (non-hydrogen) atoms. The molecule has 0 aromatic heterocycles. The van der Waals surface area contributed by atoms with E-state index < -0.39 is 5.54 Å². The highest BCUT2D eigenvalue weighted by atomic mass is 79.9. The zero-order chi connectivity index (χ0) is 14.0. The van der Waals surface area contributed by atoms with Gasteiger partial charge in [-0.25, -0.2) is 0 Å². The topological polar surface area (TPSA) is 47.6 Å². The molecule has 1 aliphatic rings. The fraction of sp³-hybridized carbons (Fsp3) is 0.500. The molecule has 1 heterocycles. The maximum atomic E-state index is 11.8. The van der Waals surface area contributed by atoms with E-state index in [-0.39, 0.29) is 12.0 Å². The zero-order valence-electron chi connectivity index (χ0n) is 11.3. The fourth-order valence-corrected chi connectivity index (χ4v) is 2.64. The van der Waals surface area contributed by atoms with E-state index in [1.54, 1.807) is 0 Å². The van der Waals surface area contributed by atoms with Crippen molar-refractivity contribution in [2.24, 2.45) is 0 Å². The summed E-state index contributed by atoms with van der Waals surface area (Å²) in [6.07, 6.45) is 0.823. The Hall–Kier alpha value is -1.07. The molecule has 0 radical (unpaired) electrons. The number of hydrogen-bond donors (Lipinski definition) is 1. The van der Waals surface area contributed by atoms with Crippen LogP contribution in [-0.4, -0.2) is 25.2 Å². The molecule has 4 nitrogen and oxygen atoms in total. The number of nitrogens with one attached hydrogen (secondary N) is 1. The summed E-state index contributed by atoms with van der Waals surface area (Å²) in [6, 6.07) is 6.00. The Kier molecular flexibility index (Phi) is 4.16. The van der Waals surface area contributed by atoms with Gasteiger partial charge in [0.1, 0.15) is 11.3 Å². The second-order valence-corrected chi connectivity index (χ2v) is 6.05. The molecule has 0 saturated carbocycles. The van der Waals surface area contributed by atoms with Gasteiger partial charge < -0.3 is 9.47 Å². The van der Waals surface area contributed by atoms with Crippen LogP contribution in [0.2, 0.25) is 0 Å². The fourth-order valence-electron chi connectivity index (χ4n) is 2.26. The van der Waals surface area contributed by atoms with Gasteiger partial charge in [-0.15, -0.1) is 0 Å². The van der Waals surface area contributed by atoms with Gasteiger partial charge in [-0.05, 0) is 32.0 Å². The van der Waals surface area contributed by atoms with Crippen molar-refractivity contribution in [2.75, 3.05) is 13.7 Å². The lowest BCUT2D eigenvalue weighted by atomic mass is 9.96. The minimum Gasteiger partial charge on any atom is -0.493 e. The van der Waals surface area contributed by atoms with Crippen LogP contribution in [0.25, 0.3) is 0 Å². The molecule has 1 aromatic carbocycles. The predicted octanol–water partition coefficient (Wildman–Crippen LogP) is 2.81. The van der Waals surface area contributed by atoms with Crippen molar-refractivity contribution in [1.82, 2.24) is 5.32 Å². The van der Waals surface area contributed by atoms with E-state index in [2.05, 4.69) is 21.2 Å². The Morgan fingerprint density at radius 3 is 2.95 bits per heavy atom. The number of methoxy groups -OCH3 is 1. The van der Waals surface area contributed by atoms with Gasteiger partial charge in [-0.3, -0.25) is 10.1 Å². The van der Waals surface area contributed by atoms with Crippen molar-refractivity contribution in [3.63, 3.8) is 0 Å². The Bertz CT molecular complexity index is 488. The lowest BCUT2D eigenvalue weighted by Crippen LogP contribution is -2.49. The van der Waals surface area contributed by atoms with Crippen LogP contribution in [0.1, 0.15) is 31.9 Å². The van der Waals surface area contributed by atoms with Crippen molar-refractivity contribution in [3.8, 4) is 5.75 Å². The van der Waals surface area contributed by atoms with Crippen LogP contribution in [0.3, 0.4) is 0 Å². The van der Waals surface area contributed by atoms with Crippen LogP contribution in [0.5, 0.6) is 5.75 Å². The molecule has 1 atom stereocenters. The molecule has 0 amide bonds. The summed E-state index contributed by atoms with van der Waals surface area (Å²) < 4.78 is 11.5. The summed E-state index contributed by atoms with van der Waals surface area (Å²) in [7, 11) is 1.40. The SMILES string of the molecule is COC(=O)C(C)(C)NC1CCOc2ccc(Br)cc21. The smallest absolute Gasteiger partial charge is 0.325 e. The van der Waals surface area contributed by atoms with E-state index >= 15 is 0 Å². The largest absolute Gasteiger partial charge is 0.493 e. The lowest BCUT2D eigenvalue weighted by molar-refractivity contribution is -0.147. The minimum atomic E-state index is -0.726. The van der Waals surface area contributed by atoms with E-state index in [1.807, 2.05) is 32.0 Å². The van der Waals surface area contributed by atoms with Crippen LogP contribution in [0, 0.1) is 0 Å². The summed E-state index contributed by atoms with van der Waals surface area (Å²) in [6.45, 7) is 4.29. The Balaban J connectivity index is 2.24. The number of carbonyl (C=O) groups is 1. The number of rotatable bonds is 3. The molecule has 2 rings (SSSR count). The predicted molar refractivity (Wildman–Crippen MR) is 76.2 cm³/mol. The number of esters is 1. The molecule has 5 heteroatoms. The van der Waals surface area contributed by atoms with Crippen LogP contribution in [0.4, 0.5) is 0 Å². The summed E-state index contributed by atoms with van der Waals surface area (Å²) >= 11 is 3.47. The number of fused-ring (bicyclic) bond motifs is 1. The highest BCUT2D eigenvalue weighted by molar-refractivity contribution is 9.10. The molecule has 104 valence electrons. The molecule has 0 spiro atoms. The normalized spacial score (nSPS) is 18.4. The van der Waals surface area contributed by atoms with Crippen molar-refractivity contribution in [1.29, 1.82) is 0 Å². The average Bonchev–Trinajstić information content (AvgIpc) is 2.38. The van der Waals surface area contributed by atoms with Gasteiger partial charge in [0.2, 0.25) is 0 Å². The summed E-state index contributed by atoms with van der Waals surface area (Å²) in [5.74, 6) is 0.600. The number of carbonyl (C=O) groups excluding carboxylic acids is 1. The van der Waals surface area contributed by atoms with Crippen molar-refractivity contribution in [2.45, 2.75) is 31.8 Å². The van der Waals surface area contributed by atoms with E-state index in [0.29, 0.717) is 6.61 Å². The average molecular weight is 328 g/mol. The molecule has 0 saturated heterocycles. The van der Waals surface area contributed by atoms with Crippen molar-refractivity contribution >= 4 is 21.9 Å². The van der Waals surface area contributed by atoms with E-state index in [0.717, 1.165) is 22.2 Å². The molecule has 0 aliphatic carbocycles. The third kappa shape index (κ3) is 3.09. The number of halogens is 1. The van der Waals surface area contributed by atoms with Gasteiger partial charge >= 0.3 is 5.97 Å². The Morgan fingerprint density at radius 1 is 1.53 bits per heavy atom. The minimum absolute atomic E-state index is 0.0790. The first-order chi connectivity index (χ1) is 8.94. The van der Waals surface area contributed by atoms with Gasteiger partial charge in [0, 0.05) is 22.5 Å². The Morgan fingerprint density at radius 2 is 2.26 bits per heavy atom. The third-order valence-electron chi connectivity index (χ3n) is 3.24. The van der Waals surface area contributed by atoms with Crippen LogP contribution in [0.15, 0.2) is 22.7 Å². The second-order valence-electron chi connectivity index (χ2n) is 5.13. The standard InChI is InChI=1S/C14H18BrNO3/c1-14(2,13(17)18-3)16-11-6-7-19-12-5-4-9(15)8-10(11)12/h4-5,8,11,16H,6-7H2,1-3H3. The van der Waals surface area contributed by atoms with Crippen LogP contribution >= 0.6 is 15.9 Å². The van der Waals surface area contributed by atoms with Crippen molar-refractivity contribution in [3.05, 3.63) is 28.2 Å². The molecule has 1 aromatic rings. The third-order valence-corrected chi connectivity index (χ3v) is 3.74. The van der Waals surface area contributed by atoms with Gasteiger partial charge in [-0.1, -0.05) is 15.9 Å². The summed E-state index contributed by atoms with van der Waals surface area (Å²) in [5.41, 5.74) is 0.341. The summed E-state index contributed by atoms with van der Waals surface area (Å²) in [5, 5.41) is 3.35. The van der Waals surface area contributed by atoms with Gasteiger partial charge in [-0.2, -0.15) is 0 Å².